The zero-order valence-corrected chi connectivity index (χ0v) is 22.9. The minimum Gasteiger partial charge on any atom is -0.444 e. The predicted molar refractivity (Wildman–Crippen MR) is 137 cm³/mol. The van der Waals surface area contributed by atoms with E-state index in [-0.39, 0.29) is 29.8 Å². The minimum atomic E-state index is -0.829. The molecule has 2 unspecified atom stereocenters. The molecule has 1 aromatic rings. The summed E-state index contributed by atoms with van der Waals surface area (Å²) in [6.45, 7) is 20.8. The van der Waals surface area contributed by atoms with Crippen LogP contribution >= 0.6 is 0 Å². The Hall–Kier alpha value is -2.57. The third-order valence-corrected chi connectivity index (χ3v) is 5.19. The molecule has 34 heavy (non-hydrogen) atoms. The zero-order chi connectivity index (χ0) is 26.4. The van der Waals surface area contributed by atoms with E-state index in [1.54, 1.807) is 25.7 Å². The largest absolute Gasteiger partial charge is 0.444 e. The number of ether oxygens (including phenoxy) is 1. The molecule has 2 atom stereocenters. The summed E-state index contributed by atoms with van der Waals surface area (Å²) in [5.74, 6) is -0.410. The number of nitrogens with one attached hydrogen (secondary N) is 2. The van der Waals surface area contributed by atoms with E-state index in [0.29, 0.717) is 6.42 Å². The van der Waals surface area contributed by atoms with Crippen molar-refractivity contribution >= 4 is 17.9 Å². The summed E-state index contributed by atoms with van der Waals surface area (Å²) in [6, 6.07) is 3.89. The molecular weight excluding hydrogens is 430 g/mol. The second-order valence-electron chi connectivity index (χ2n) is 11.1. The van der Waals surface area contributed by atoms with Gasteiger partial charge < -0.3 is 20.3 Å². The van der Waals surface area contributed by atoms with Gasteiger partial charge in [-0.25, -0.2) is 4.79 Å². The van der Waals surface area contributed by atoms with Gasteiger partial charge in [0.15, 0.2) is 0 Å². The molecule has 0 saturated heterocycles. The molecule has 1 rings (SSSR count). The lowest BCUT2D eigenvalue weighted by atomic mass is 9.94. The van der Waals surface area contributed by atoms with Gasteiger partial charge in [0, 0.05) is 12.1 Å². The molecular formula is C27H45N3O4. The zero-order valence-electron chi connectivity index (χ0n) is 22.9. The molecule has 0 bridgehead atoms. The highest BCUT2D eigenvalue weighted by molar-refractivity contribution is 5.92. The van der Waals surface area contributed by atoms with Crippen LogP contribution in [0.4, 0.5) is 4.79 Å². The molecule has 0 aliphatic carbocycles. The average molecular weight is 476 g/mol. The Kier molecular flexibility index (Phi) is 10.6. The van der Waals surface area contributed by atoms with Gasteiger partial charge in [-0.3, -0.25) is 9.59 Å². The average Bonchev–Trinajstić information content (AvgIpc) is 2.64. The van der Waals surface area contributed by atoms with Crippen molar-refractivity contribution in [2.24, 2.45) is 5.92 Å². The van der Waals surface area contributed by atoms with Crippen molar-refractivity contribution in [3.05, 3.63) is 34.9 Å². The third-order valence-electron chi connectivity index (χ3n) is 5.19. The van der Waals surface area contributed by atoms with Crippen LogP contribution in [0.15, 0.2) is 18.2 Å². The summed E-state index contributed by atoms with van der Waals surface area (Å²) in [7, 11) is 0. The van der Waals surface area contributed by atoms with Crippen LogP contribution in [0.5, 0.6) is 0 Å². The molecule has 192 valence electrons. The van der Waals surface area contributed by atoms with Crippen molar-refractivity contribution in [2.45, 2.75) is 112 Å². The number of hydrogen-bond donors (Lipinski definition) is 2. The monoisotopic (exact) mass is 475 g/mol. The van der Waals surface area contributed by atoms with Crippen LogP contribution in [0.25, 0.3) is 0 Å². The van der Waals surface area contributed by atoms with Crippen LogP contribution in [-0.4, -0.2) is 46.5 Å². The Labute approximate surface area is 206 Å². The quantitative estimate of drug-likeness (QED) is 0.523. The van der Waals surface area contributed by atoms with E-state index >= 15 is 0 Å². The summed E-state index contributed by atoms with van der Waals surface area (Å²) in [5, 5.41) is 5.75. The fourth-order valence-electron chi connectivity index (χ4n) is 3.84. The summed E-state index contributed by atoms with van der Waals surface area (Å²) in [5.41, 5.74) is 2.02. The smallest absolute Gasteiger partial charge is 0.408 e. The van der Waals surface area contributed by atoms with Crippen molar-refractivity contribution in [1.82, 2.24) is 15.5 Å². The Bertz CT molecular complexity index is 856. The van der Waals surface area contributed by atoms with Crippen LogP contribution in [0.3, 0.4) is 0 Å². The highest BCUT2D eigenvalue weighted by atomic mass is 16.6. The van der Waals surface area contributed by atoms with E-state index < -0.39 is 23.8 Å². The number of benzene rings is 1. The standard InChI is InChI=1S/C27H45N3O4/c1-16(2)14-22(29-26(33)34-27(9,10)11)25(32)30(18(5)6)23(24(31)28-17(3)4)21-15-19(7)12-13-20(21)8/h12-13,15-18,22-23H,14H2,1-11H3,(H,28,31)(H,29,33). The topological polar surface area (TPSA) is 87.7 Å². The van der Waals surface area contributed by atoms with Crippen molar-refractivity contribution in [3.8, 4) is 0 Å². The van der Waals surface area contributed by atoms with Gasteiger partial charge in [0.2, 0.25) is 11.8 Å². The van der Waals surface area contributed by atoms with Crippen molar-refractivity contribution in [1.29, 1.82) is 0 Å². The maximum absolute atomic E-state index is 14.0. The summed E-state index contributed by atoms with van der Waals surface area (Å²) in [4.78, 5) is 41.7. The van der Waals surface area contributed by atoms with Gasteiger partial charge in [-0.15, -0.1) is 0 Å². The second-order valence-corrected chi connectivity index (χ2v) is 11.1. The van der Waals surface area contributed by atoms with Crippen LogP contribution in [0, 0.1) is 19.8 Å². The van der Waals surface area contributed by atoms with Crippen molar-refractivity contribution < 1.29 is 19.1 Å². The predicted octanol–water partition coefficient (Wildman–Crippen LogP) is 5.05. The Balaban J connectivity index is 3.53. The number of hydrogen-bond acceptors (Lipinski definition) is 4. The first kappa shape index (κ1) is 29.5. The second kappa shape index (κ2) is 12.2. The number of amides is 3. The van der Waals surface area contributed by atoms with Crippen molar-refractivity contribution in [2.75, 3.05) is 0 Å². The highest BCUT2D eigenvalue weighted by Crippen LogP contribution is 2.29. The first-order chi connectivity index (χ1) is 15.5. The molecule has 0 heterocycles. The molecule has 1 aromatic carbocycles. The number of carbonyl (C=O) groups excluding carboxylic acids is 3. The van der Waals surface area contributed by atoms with E-state index in [1.165, 1.54) is 0 Å². The fraction of sp³-hybridized carbons (Fsp3) is 0.667. The molecule has 3 amide bonds. The van der Waals surface area contributed by atoms with Crippen molar-refractivity contribution in [3.63, 3.8) is 0 Å². The van der Waals surface area contributed by atoms with Crippen LogP contribution < -0.4 is 10.6 Å². The molecule has 0 radical (unpaired) electrons. The number of rotatable bonds is 9. The third kappa shape index (κ3) is 8.99. The van der Waals surface area contributed by atoms with Gasteiger partial charge in [0.25, 0.3) is 0 Å². The lowest BCUT2D eigenvalue weighted by molar-refractivity contribution is -0.145. The van der Waals surface area contributed by atoms with Gasteiger partial charge in [-0.05, 0) is 85.8 Å². The molecule has 0 aliphatic heterocycles. The molecule has 0 spiro atoms. The highest BCUT2D eigenvalue weighted by Gasteiger charge is 2.38. The maximum atomic E-state index is 14.0. The molecule has 0 fully saturated rings. The van der Waals surface area contributed by atoms with E-state index in [0.717, 1.165) is 16.7 Å². The first-order valence-corrected chi connectivity index (χ1v) is 12.2. The Morgan fingerprint density at radius 2 is 1.56 bits per heavy atom. The fourth-order valence-corrected chi connectivity index (χ4v) is 3.84. The summed E-state index contributed by atoms with van der Waals surface area (Å²) < 4.78 is 5.42. The Morgan fingerprint density at radius 1 is 0.971 bits per heavy atom. The van der Waals surface area contributed by atoms with Crippen LogP contribution in [0.2, 0.25) is 0 Å². The number of alkyl carbamates (subject to hydrolysis) is 1. The maximum Gasteiger partial charge on any atom is 0.408 e. The lowest BCUT2D eigenvalue weighted by Gasteiger charge is -2.38. The summed E-state index contributed by atoms with van der Waals surface area (Å²) >= 11 is 0. The lowest BCUT2D eigenvalue weighted by Crippen LogP contribution is -2.55. The van der Waals surface area contributed by atoms with Gasteiger partial charge in [0.1, 0.15) is 17.7 Å². The van der Waals surface area contributed by atoms with Gasteiger partial charge in [-0.1, -0.05) is 37.6 Å². The molecule has 0 saturated carbocycles. The van der Waals surface area contributed by atoms with Crippen LogP contribution in [0.1, 0.15) is 91.5 Å². The first-order valence-electron chi connectivity index (χ1n) is 12.2. The SMILES string of the molecule is Cc1ccc(C)c(C(C(=O)NC(C)C)N(C(=O)C(CC(C)C)NC(=O)OC(C)(C)C)C(C)C)c1. The molecule has 2 N–H and O–H groups in total. The van der Waals surface area contributed by atoms with E-state index in [9.17, 15) is 14.4 Å². The van der Waals surface area contributed by atoms with Gasteiger partial charge >= 0.3 is 6.09 Å². The molecule has 0 aromatic heterocycles. The van der Waals surface area contributed by atoms with Gasteiger partial charge in [-0.2, -0.15) is 0 Å². The summed E-state index contributed by atoms with van der Waals surface area (Å²) in [6.07, 6.45) is -0.225. The van der Waals surface area contributed by atoms with E-state index in [1.807, 2.05) is 73.6 Å². The number of nitrogens with zero attached hydrogens (tertiary/aromatic N) is 1. The van der Waals surface area contributed by atoms with Crippen LogP contribution in [-0.2, 0) is 14.3 Å². The minimum absolute atomic E-state index is 0.0874. The van der Waals surface area contributed by atoms with Gasteiger partial charge in [0.05, 0.1) is 0 Å². The Morgan fingerprint density at radius 3 is 2.03 bits per heavy atom. The van der Waals surface area contributed by atoms with E-state index in [4.69, 9.17) is 4.74 Å². The van der Waals surface area contributed by atoms with E-state index in [2.05, 4.69) is 10.6 Å². The number of carbonyl (C=O) groups is 3. The normalized spacial score (nSPS) is 13.6. The molecule has 0 aliphatic rings. The molecule has 7 heteroatoms. The number of aryl methyl sites for hydroxylation is 2. The molecule has 7 nitrogen and oxygen atoms in total.